The van der Waals surface area contributed by atoms with Crippen molar-refractivity contribution in [3.8, 4) is 0 Å². The number of halogens is 1. The lowest BCUT2D eigenvalue weighted by Gasteiger charge is -2.22. The summed E-state index contributed by atoms with van der Waals surface area (Å²) in [6, 6.07) is 8.63. The van der Waals surface area contributed by atoms with Crippen molar-refractivity contribution in [1.29, 1.82) is 0 Å². The van der Waals surface area contributed by atoms with Gasteiger partial charge in [-0.1, -0.05) is 12.1 Å². The summed E-state index contributed by atoms with van der Waals surface area (Å²) in [5, 5.41) is 3.22. The maximum absolute atomic E-state index is 14.0. The molecule has 2 aromatic rings. The van der Waals surface area contributed by atoms with Gasteiger partial charge in [-0.2, -0.15) is 4.31 Å². The van der Waals surface area contributed by atoms with Crippen LogP contribution in [0.15, 0.2) is 40.6 Å². The highest BCUT2D eigenvalue weighted by Gasteiger charge is 2.29. The van der Waals surface area contributed by atoms with Gasteiger partial charge >= 0.3 is 6.03 Å². The third kappa shape index (κ3) is 4.79. The summed E-state index contributed by atoms with van der Waals surface area (Å²) in [4.78, 5) is 28.5. The molecule has 3 heterocycles. The Bertz CT molecular complexity index is 1100. The monoisotopic (exact) mass is 480 g/mol. The van der Waals surface area contributed by atoms with Gasteiger partial charge in [0.25, 0.3) is 15.9 Å². The van der Waals surface area contributed by atoms with Crippen molar-refractivity contribution in [2.24, 2.45) is 0 Å². The molecule has 1 N–H and O–H groups in total. The summed E-state index contributed by atoms with van der Waals surface area (Å²) in [6.45, 7) is 2.51. The van der Waals surface area contributed by atoms with E-state index in [1.165, 1.54) is 28.6 Å². The van der Waals surface area contributed by atoms with Crippen LogP contribution in [0, 0.1) is 5.82 Å². The van der Waals surface area contributed by atoms with Gasteiger partial charge in [-0.3, -0.25) is 10.1 Å². The Hall–Kier alpha value is -2.50. The van der Waals surface area contributed by atoms with Gasteiger partial charge in [0.1, 0.15) is 10.0 Å². The number of urea groups is 1. The van der Waals surface area contributed by atoms with Crippen LogP contribution in [0.2, 0.25) is 0 Å². The van der Waals surface area contributed by atoms with E-state index in [4.69, 9.17) is 0 Å². The zero-order valence-corrected chi connectivity index (χ0v) is 19.1. The first-order valence-corrected chi connectivity index (χ1v) is 12.8. The SMILES string of the molecule is O=C(Nc1ccc(S(=O)(=O)N2CCCC2)s1)N1CCCN(C(=O)c2ccccc2F)CC1. The fraction of sp³-hybridized carbons (Fsp3) is 0.429. The van der Waals surface area contributed by atoms with Crippen LogP contribution in [0.25, 0.3) is 0 Å². The standard InChI is InChI=1S/C21H25FN4O4S2/c22-17-7-2-1-6-16(17)20(27)24-10-5-11-25(15-14-24)21(28)23-18-8-9-19(31-18)32(29,30)26-12-3-4-13-26/h1-2,6-9H,3-5,10-15H2,(H,23,28). The maximum atomic E-state index is 14.0. The lowest BCUT2D eigenvalue weighted by Crippen LogP contribution is -2.39. The molecular weight excluding hydrogens is 455 g/mol. The van der Waals surface area contributed by atoms with Gasteiger partial charge in [0, 0.05) is 39.3 Å². The lowest BCUT2D eigenvalue weighted by molar-refractivity contribution is 0.0758. The molecule has 0 unspecified atom stereocenters. The zero-order valence-electron chi connectivity index (χ0n) is 17.5. The first-order chi connectivity index (χ1) is 15.4. The first-order valence-electron chi connectivity index (χ1n) is 10.6. The van der Waals surface area contributed by atoms with E-state index < -0.39 is 15.8 Å². The fourth-order valence-electron chi connectivity index (χ4n) is 3.89. The van der Waals surface area contributed by atoms with Crippen LogP contribution in [-0.2, 0) is 10.0 Å². The predicted octanol–water partition coefficient (Wildman–Crippen LogP) is 3.05. The van der Waals surface area contributed by atoms with Gasteiger partial charge in [-0.15, -0.1) is 11.3 Å². The minimum absolute atomic E-state index is 0.0238. The van der Waals surface area contributed by atoms with Crippen LogP contribution in [0.3, 0.4) is 0 Å². The van der Waals surface area contributed by atoms with Gasteiger partial charge in [0.05, 0.1) is 10.6 Å². The van der Waals surface area contributed by atoms with Crippen molar-refractivity contribution in [2.45, 2.75) is 23.5 Å². The third-order valence-electron chi connectivity index (χ3n) is 5.65. The van der Waals surface area contributed by atoms with E-state index in [1.807, 2.05) is 0 Å². The van der Waals surface area contributed by atoms with Gasteiger partial charge in [-0.25, -0.2) is 17.6 Å². The Morgan fingerprint density at radius 2 is 1.56 bits per heavy atom. The average Bonchev–Trinajstić information content (AvgIpc) is 3.42. The van der Waals surface area contributed by atoms with Crippen LogP contribution < -0.4 is 5.32 Å². The lowest BCUT2D eigenvalue weighted by atomic mass is 10.2. The number of rotatable bonds is 4. The number of hydrogen-bond donors (Lipinski definition) is 1. The number of carbonyl (C=O) groups excluding carboxylic acids is 2. The molecule has 0 atom stereocenters. The summed E-state index contributed by atoms with van der Waals surface area (Å²) >= 11 is 1.03. The maximum Gasteiger partial charge on any atom is 0.322 e. The molecule has 4 rings (SSSR count). The molecule has 2 aliphatic heterocycles. The summed E-state index contributed by atoms with van der Waals surface area (Å²) in [7, 11) is -3.52. The van der Waals surface area contributed by atoms with Crippen molar-refractivity contribution in [3.63, 3.8) is 0 Å². The molecule has 0 bridgehead atoms. The second-order valence-electron chi connectivity index (χ2n) is 7.77. The number of hydrogen-bond acceptors (Lipinski definition) is 5. The average molecular weight is 481 g/mol. The molecule has 2 aliphatic rings. The normalized spacial score (nSPS) is 17.9. The number of amides is 3. The van der Waals surface area contributed by atoms with Crippen molar-refractivity contribution < 1.29 is 22.4 Å². The number of sulfonamides is 1. The summed E-state index contributed by atoms with van der Waals surface area (Å²) in [6.07, 6.45) is 2.28. The Kier molecular flexibility index (Phi) is 6.77. The number of thiophene rings is 1. The molecule has 0 aliphatic carbocycles. The Balaban J connectivity index is 1.36. The Labute approximate surface area is 190 Å². The smallest absolute Gasteiger partial charge is 0.322 e. The summed E-state index contributed by atoms with van der Waals surface area (Å²) < 4.78 is 41.0. The molecule has 1 aromatic carbocycles. The van der Waals surface area contributed by atoms with E-state index in [0.717, 1.165) is 24.2 Å². The number of anilines is 1. The highest BCUT2D eigenvalue weighted by Crippen LogP contribution is 2.30. The van der Waals surface area contributed by atoms with Gasteiger partial charge in [0.2, 0.25) is 0 Å². The molecule has 0 spiro atoms. The van der Waals surface area contributed by atoms with Gasteiger partial charge < -0.3 is 9.80 Å². The summed E-state index contributed by atoms with van der Waals surface area (Å²) in [5.74, 6) is -0.950. The third-order valence-corrected chi connectivity index (χ3v) is 9.01. The van der Waals surface area contributed by atoms with E-state index in [-0.39, 0.29) is 21.7 Å². The number of nitrogens with zero attached hydrogens (tertiary/aromatic N) is 3. The predicted molar refractivity (Wildman–Crippen MR) is 120 cm³/mol. The molecule has 0 radical (unpaired) electrons. The molecule has 32 heavy (non-hydrogen) atoms. The second-order valence-corrected chi connectivity index (χ2v) is 11.0. The largest absolute Gasteiger partial charge is 0.337 e. The molecule has 2 fully saturated rings. The van der Waals surface area contributed by atoms with Crippen LogP contribution in [0.1, 0.15) is 29.6 Å². The van der Waals surface area contributed by atoms with Crippen LogP contribution in [0.4, 0.5) is 14.2 Å². The van der Waals surface area contributed by atoms with E-state index in [2.05, 4.69) is 5.32 Å². The highest BCUT2D eigenvalue weighted by molar-refractivity contribution is 7.91. The summed E-state index contributed by atoms with van der Waals surface area (Å²) in [5.41, 5.74) is 0.0238. The van der Waals surface area contributed by atoms with E-state index in [1.54, 1.807) is 21.9 Å². The van der Waals surface area contributed by atoms with Crippen LogP contribution >= 0.6 is 11.3 Å². The Morgan fingerprint density at radius 3 is 2.31 bits per heavy atom. The Morgan fingerprint density at radius 1 is 0.875 bits per heavy atom. The molecule has 3 amide bonds. The minimum atomic E-state index is -3.52. The second kappa shape index (κ2) is 9.55. The van der Waals surface area contributed by atoms with E-state index in [0.29, 0.717) is 50.7 Å². The fourth-order valence-corrected chi connectivity index (χ4v) is 6.76. The molecule has 0 saturated carbocycles. The topological polar surface area (TPSA) is 90.0 Å². The molecule has 11 heteroatoms. The van der Waals surface area contributed by atoms with E-state index >= 15 is 0 Å². The number of nitrogens with one attached hydrogen (secondary N) is 1. The quantitative estimate of drug-likeness (QED) is 0.728. The van der Waals surface area contributed by atoms with Crippen LogP contribution in [0.5, 0.6) is 0 Å². The van der Waals surface area contributed by atoms with Crippen molar-refractivity contribution in [3.05, 3.63) is 47.8 Å². The first kappa shape index (κ1) is 22.7. The van der Waals surface area contributed by atoms with E-state index in [9.17, 15) is 22.4 Å². The van der Waals surface area contributed by atoms with Crippen molar-refractivity contribution in [2.75, 3.05) is 44.6 Å². The number of benzene rings is 1. The number of carbonyl (C=O) groups is 2. The zero-order chi connectivity index (χ0) is 22.7. The minimum Gasteiger partial charge on any atom is -0.337 e. The van der Waals surface area contributed by atoms with Gasteiger partial charge in [-0.05, 0) is 43.5 Å². The van der Waals surface area contributed by atoms with Crippen LogP contribution in [-0.4, -0.2) is 73.7 Å². The molecular formula is C21H25FN4O4S2. The molecule has 2 saturated heterocycles. The molecule has 172 valence electrons. The van der Waals surface area contributed by atoms with Gasteiger partial charge in [0.15, 0.2) is 0 Å². The molecule has 8 nitrogen and oxygen atoms in total. The highest BCUT2D eigenvalue weighted by atomic mass is 32.2. The molecule has 1 aromatic heterocycles. The van der Waals surface area contributed by atoms with Crippen molar-refractivity contribution >= 4 is 38.3 Å². The van der Waals surface area contributed by atoms with Crippen molar-refractivity contribution in [1.82, 2.24) is 14.1 Å².